The molecule has 1 N–H and O–H groups in total. The zero-order chi connectivity index (χ0) is 24.4. The first-order valence-corrected chi connectivity index (χ1v) is 12.0. The van der Waals surface area contributed by atoms with Gasteiger partial charge < -0.3 is 19.5 Å². The highest BCUT2D eigenvalue weighted by atomic mass is 35.5. The van der Waals surface area contributed by atoms with Gasteiger partial charge in [-0.25, -0.2) is 4.39 Å². The molecular weight excluding hydrogens is 491 g/mol. The third-order valence-corrected chi connectivity index (χ3v) is 6.65. The molecule has 35 heavy (non-hydrogen) atoms. The number of ether oxygens (including phenoxy) is 3. The minimum absolute atomic E-state index is 0.278. The molecule has 10 heteroatoms. The molecule has 1 aromatic heterocycles. The number of benzene rings is 3. The first-order valence-electron chi connectivity index (χ1n) is 10.6. The second kappa shape index (κ2) is 9.97. The normalized spacial score (nSPS) is 14.1. The average Bonchev–Trinajstić information content (AvgIpc) is 3.04. The summed E-state index contributed by atoms with van der Waals surface area (Å²) in [6.45, 7) is 0. The minimum atomic E-state index is -0.703. The van der Waals surface area contributed by atoms with Gasteiger partial charge in [-0.2, -0.15) is 4.98 Å². The van der Waals surface area contributed by atoms with Crippen LogP contribution in [0.15, 0.2) is 65.8 Å². The molecule has 0 spiro atoms. The van der Waals surface area contributed by atoms with Crippen LogP contribution in [-0.2, 0) is 5.75 Å². The van der Waals surface area contributed by atoms with Crippen LogP contribution in [0.1, 0.15) is 17.4 Å². The molecule has 0 unspecified atom stereocenters. The molecule has 2 heterocycles. The molecule has 0 saturated heterocycles. The molecule has 4 aromatic rings. The van der Waals surface area contributed by atoms with Crippen molar-refractivity contribution in [1.82, 2.24) is 15.2 Å². The van der Waals surface area contributed by atoms with Gasteiger partial charge in [-0.1, -0.05) is 59.8 Å². The lowest BCUT2D eigenvalue weighted by Gasteiger charge is -2.21. The summed E-state index contributed by atoms with van der Waals surface area (Å²) in [5.41, 5.74) is 3.24. The van der Waals surface area contributed by atoms with Crippen molar-refractivity contribution in [3.05, 3.63) is 82.6 Å². The lowest BCUT2D eigenvalue weighted by atomic mass is 10.1. The molecule has 5 rings (SSSR count). The maximum Gasteiger partial charge on any atom is 0.247 e. The Kier molecular flexibility index (Phi) is 6.61. The van der Waals surface area contributed by atoms with Crippen LogP contribution in [-0.4, -0.2) is 29.4 Å². The van der Waals surface area contributed by atoms with Crippen molar-refractivity contribution in [2.45, 2.75) is 17.1 Å². The number of hydrogen-bond acceptors (Lipinski definition) is 8. The summed E-state index contributed by atoms with van der Waals surface area (Å²) in [5.74, 6) is 1.38. The maximum absolute atomic E-state index is 14.0. The average molecular weight is 511 g/mol. The van der Waals surface area contributed by atoms with E-state index in [1.807, 2.05) is 24.3 Å². The van der Waals surface area contributed by atoms with Gasteiger partial charge in [-0.15, -0.1) is 10.2 Å². The van der Waals surface area contributed by atoms with Gasteiger partial charge in [0.05, 0.1) is 19.2 Å². The van der Waals surface area contributed by atoms with E-state index in [4.69, 9.17) is 25.8 Å². The summed E-state index contributed by atoms with van der Waals surface area (Å²) in [7, 11) is 3.10. The zero-order valence-electron chi connectivity index (χ0n) is 18.8. The summed E-state index contributed by atoms with van der Waals surface area (Å²) in [5, 5.41) is 12.8. The molecule has 1 aliphatic rings. The van der Waals surface area contributed by atoms with Gasteiger partial charge in [0.15, 0.2) is 23.4 Å². The molecule has 0 fully saturated rings. The molecule has 0 saturated carbocycles. The van der Waals surface area contributed by atoms with E-state index >= 15 is 0 Å². The van der Waals surface area contributed by atoms with E-state index in [0.717, 1.165) is 11.3 Å². The lowest BCUT2D eigenvalue weighted by Crippen LogP contribution is -2.18. The summed E-state index contributed by atoms with van der Waals surface area (Å²) < 4.78 is 31.2. The number of halogens is 2. The number of rotatable bonds is 6. The van der Waals surface area contributed by atoms with Crippen LogP contribution in [0.25, 0.3) is 11.3 Å². The smallest absolute Gasteiger partial charge is 0.247 e. The first kappa shape index (κ1) is 23.2. The van der Waals surface area contributed by atoms with Crippen LogP contribution in [0.2, 0.25) is 5.02 Å². The number of anilines is 1. The van der Waals surface area contributed by atoms with Crippen molar-refractivity contribution in [1.29, 1.82) is 0 Å². The van der Waals surface area contributed by atoms with E-state index in [1.165, 1.54) is 17.8 Å². The molecule has 0 amide bonds. The Hall–Kier alpha value is -3.56. The summed E-state index contributed by atoms with van der Waals surface area (Å²) in [4.78, 5) is 4.60. The van der Waals surface area contributed by atoms with Gasteiger partial charge >= 0.3 is 0 Å². The fourth-order valence-electron chi connectivity index (χ4n) is 3.68. The summed E-state index contributed by atoms with van der Waals surface area (Å²) in [6, 6.07) is 17.7. The fraction of sp³-hybridized carbons (Fsp3) is 0.160. The third-order valence-electron chi connectivity index (χ3n) is 5.43. The molecule has 1 atom stereocenters. The molecule has 0 aliphatic carbocycles. The summed E-state index contributed by atoms with van der Waals surface area (Å²) in [6.07, 6.45) is -0.703. The Morgan fingerprint density at radius 2 is 1.77 bits per heavy atom. The molecule has 1 aliphatic heterocycles. The SMILES string of the molecule is COc1cc(Cl)c([C@@H]2Nc3ccccc3-c3nnc(SCc4ccccc4F)nc3O2)cc1OC. The van der Waals surface area contributed by atoms with Crippen molar-refractivity contribution in [2.75, 3.05) is 19.5 Å². The van der Waals surface area contributed by atoms with Gasteiger partial charge in [0.25, 0.3) is 0 Å². The number of nitrogens with one attached hydrogen (secondary N) is 1. The summed E-state index contributed by atoms with van der Waals surface area (Å²) >= 11 is 7.87. The first-order chi connectivity index (χ1) is 17.1. The largest absolute Gasteiger partial charge is 0.493 e. The van der Waals surface area contributed by atoms with Crippen molar-refractivity contribution in [2.24, 2.45) is 0 Å². The quantitative estimate of drug-likeness (QED) is 0.310. The van der Waals surface area contributed by atoms with Crippen LogP contribution < -0.4 is 19.5 Å². The Balaban J connectivity index is 1.53. The monoisotopic (exact) mass is 510 g/mol. The number of para-hydroxylation sites is 1. The van der Waals surface area contributed by atoms with Gasteiger partial charge in [-0.3, -0.25) is 0 Å². The Labute approximate surface area is 210 Å². The molecule has 178 valence electrons. The van der Waals surface area contributed by atoms with Crippen LogP contribution in [0.4, 0.5) is 10.1 Å². The number of fused-ring (bicyclic) bond motifs is 3. The molecular formula is C25H20ClFN4O3S. The number of aromatic nitrogens is 3. The predicted molar refractivity (Wildman–Crippen MR) is 133 cm³/mol. The van der Waals surface area contributed by atoms with Crippen LogP contribution in [0.3, 0.4) is 0 Å². The van der Waals surface area contributed by atoms with E-state index in [2.05, 4.69) is 20.5 Å². The van der Waals surface area contributed by atoms with E-state index in [-0.39, 0.29) is 11.7 Å². The number of methoxy groups -OCH3 is 2. The third kappa shape index (κ3) is 4.69. The lowest BCUT2D eigenvalue weighted by molar-refractivity contribution is 0.224. The highest BCUT2D eigenvalue weighted by Crippen LogP contribution is 2.43. The Morgan fingerprint density at radius 1 is 1.03 bits per heavy atom. The molecule has 0 bridgehead atoms. The second-order valence-corrected chi connectivity index (χ2v) is 8.89. The topological polar surface area (TPSA) is 78.4 Å². The number of hydrogen-bond donors (Lipinski definition) is 1. The van der Waals surface area contributed by atoms with Crippen LogP contribution >= 0.6 is 23.4 Å². The predicted octanol–water partition coefficient (Wildman–Crippen LogP) is 6.14. The molecule has 3 aromatic carbocycles. The Bertz CT molecular complexity index is 1390. The highest BCUT2D eigenvalue weighted by molar-refractivity contribution is 7.98. The van der Waals surface area contributed by atoms with E-state index < -0.39 is 6.23 Å². The number of thioether (sulfide) groups is 1. The van der Waals surface area contributed by atoms with Crippen molar-refractivity contribution < 1.29 is 18.6 Å². The van der Waals surface area contributed by atoms with Gasteiger partial charge in [-0.05, 0) is 23.8 Å². The molecule has 7 nitrogen and oxygen atoms in total. The standard InChI is InChI=1S/C25H20ClFN4O3S/c1-32-20-11-16(17(26)12-21(20)33-2)23-28-19-10-6-4-8-15(19)22-24(34-23)29-25(31-30-22)35-13-14-7-3-5-9-18(14)27/h3-12,23,28H,13H2,1-2H3/t23-/m1/s1. The fourth-order valence-corrected chi connectivity index (χ4v) is 4.70. The number of nitrogens with zero attached hydrogens (tertiary/aromatic N) is 3. The van der Waals surface area contributed by atoms with Gasteiger partial charge in [0.2, 0.25) is 11.0 Å². The van der Waals surface area contributed by atoms with Crippen LogP contribution in [0, 0.1) is 5.82 Å². The van der Waals surface area contributed by atoms with E-state index in [9.17, 15) is 4.39 Å². The van der Waals surface area contributed by atoms with Crippen molar-refractivity contribution >= 4 is 29.1 Å². The van der Waals surface area contributed by atoms with Gasteiger partial charge in [0.1, 0.15) is 5.82 Å². The highest BCUT2D eigenvalue weighted by Gasteiger charge is 2.28. The molecule has 0 radical (unpaired) electrons. The van der Waals surface area contributed by atoms with Gasteiger partial charge in [0, 0.05) is 28.6 Å². The van der Waals surface area contributed by atoms with E-state index in [0.29, 0.717) is 44.3 Å². The minimum Gasteiger partial charge on any atom is -0.493 e. The Morgan fingerprint density at radius 3 is 2.57 bits per heavy atom. The maximum atomic E-state index is 14.0. The van der Waals surface area contributed by atoms with Crippen LogP contribution in [0.5, 0.6) is 17.4 Å². The zero-order valence-corrected chi connectivity index (χ0v) is 20.4. The van der Waals surface area contributed by atoms with E-state index in [1.54, 1.807) is 44.6 Å². The van der Waals surface area contributed by atoms with Crippen molar-refractivity contribution in [3.63, 3.8) is 0 Å². The van der Waals surface area contributed by atoms with Crippen molar-refractivity contribution in [3.8, 4) is 28.6 Å². The second-order valence-electron chi connectivity index (χ2n) is 7.54.